The molecule has 7 heteroatoms. The number of benzene rings is 1. The molecule has 0 spiro atoms. The van der Waals surface area contributed by atoms with E-state index in [1.54, 1.807) is 29.4 Å². The fraction of sp³-hybridized carbons (Fsp3) is 0.400. The Morgan fingerprint density at radius 2 is 1.72 bits per heavy atom. The van der Waals surface area contributed by atoms with Crippen LogP contribution in [-0.4, -0.2) is 64.4 Å². The topological polar surface area (TPSA) is 83.0 Å². The molecule has 0 bridgehead atoms. The van der Waals surface area contributed by atoms with Gasteiger partial charge in [-0.05, 0) is 49.3 Å². The van der Waals surface area contributed by atoms with Gasteiger partial charge in [-0.3, -0.25) is 14.6 Å². The fourth-order valence-corrected chi connectivity index (χ4v) is 3.88. The number of aliphatic hydroxyl groups is 1. The maximum atomic E-state index is 13.0. The van der Waals surface area contributed by atoms with Gasteiger partial charge in [-0.15, -0.1) is 0 Å². The van der Waals surface area contributed by atoms with Crippen molar-refractivity contribution < 1.29 is 19.4 Å². The highest BCUT2D eigenvalue weighted by Gasteiger charge is 2.45. The standard InChI is InChI=1S/C25H31N3O4/c1-4-17-32-20-9-7-18(8-10-20)22-21(23(29)19-11-13-26-14-12-19)24(30)25(31)28(22)16-15-27(5-2)6-3/h7-14,22,29H,4-6,15-17H2,1-3H3. The van der Waals surface area contributed by atoms with Crippen molar-refractivity contribution in [3.05, 3.63) is 65.5 Å². The fourth-order valence-electron chi connectivity index (χ4n) is 3.88. The van der Waals surface area contributed by atoms with Gasteiger partial charge in [-0.25, -0.2) is 0 Å². The molecule has 0 aliphatic carbocycles. The second-order valence-corrected chi connectivity index (χ2v) is 7.67. The van der Waals surface area contributed by atoms with Crippen molar-refractivity contribution >= 4 is 17.4 Å². The van der Waals surface area contributed by atoms with Crippen molar-refractivity contribution in [1.82, 2.24) is 14.8 Å². The van der Waals surface area contributed by atoms with Gasteiger partial charge in [0.15, 0.2) is 0 Å². The van der Waals surface area contributed by atoms with E-state index in [9.17, 15) is 14.7 Å². The van der Waals surface area contributed by atoms with Gasteiger partial charge in [0.1, 0.15) is 11.5 Å². The van der Waals surface area contributed by atoms with Gasteiger partial charge in [-0.2, -0.15) is 0 Å². The molecular formula is C25H31N3O4. The van der Waals surface area contributed by atoms with Crippen LogP contribution >= 0.6 is 0 Å². The number of aliphatic hydroxyl groups excluding tert-OH is 1. The van der Waals surface area contributed by atoms with Gasteiger partial charge in [0.2, 0.25) is 0 Å². The van der Waals surface area contributed by atoms with Crippen molar-refractivity contribution in [3.63, 3.8) is 0 Å². The molecule has 3 rings (SSSR count). The Morgan fingerprint density at radius 3 is 2.31 bits per heavy atom. The Morgan fingerprint density at radius 1 is 1.06 bits per heavy atom. The molecule has 1 unspecified atom stereocenters. The number of hydrogen-bond acceptors (Lipinski definition) is 6. The summed E-state index contributed by atoms with van der Waals surface area (Å²) in [5, 5.41) is 11.0. The third kappa shape index (κ3) is 4.99. The van der Waals surface area contributed by atoms with E-state index < -0.39 is 17.7 Å². The van der Waals surface area contributed by atoms with Crippen LogP contribution in [0.15, 0.2) is 54.4 Å². The van der Waals surface area contributed by atoms with Crippen LogP contribution in [-0.2, 0) is 9.59 Å². The number of hydrogen-bond donors (Lipinski definition) is 1. The van der Waals surface area contributed by atoms with E-state index >= 15 is 0 Å². The van der Waals surface area contributed by atoms with E-state index in [0.29, 0.717) is 25.3 Å². The maximum absolute atomic E-state index is 13.0. The lowest BCUT2D eigenvalue weighted by molar-refractivity contribution is -0.140. The predicted molar refractivity (Wildman–Crippen MR) is 123 cm³/mol. The number of amides is 1. The number of ketones is 1. The predicted octanol–water partition coefficient (Wildman–Crippen LogP) is 3.63. The van der Waals surface area contributed by atoms with Crippen molar-refractivity contribution in [2.45, 2.75) is 33.2 Å². The van der Waals surface area contributed by atoms with Crippen LogP contribution in [0.4, 0.5) is 0 Å². The smallest absolute Gasteiger partial charge is 0.295 e. The number of likely N-dealkylation sites (N-methyl/N-ethyl adjacent to an activating group) is 1. The molecule has 1 saturated heterocycles. The lowest BCUT2D eigenvalue weighted by Gasteiger charge is -2.28. The molecule has 1 aromatic heterocycles. The van der Waals surface area contributed by atoms with E-state index in [0.717, 1.165) is 30.8 Å². The van der Waals surface area contributed by atoms with E-state index in [1.807, 2.05) is 31.2 Å². The molecule has 1 aliphatic heterocycles. The number of carbonyl (C=O) groups excluding carboxylic acids is 2. The van der Waals surface area contributed by atoms with Gasteiger partial charge >= 0.3 is 0 Å². The molecule has 7 nitrogen and oxygen atoms in total. The van der Waals surface area contributed by atoms with E-state index in [2.05, 4.69) is 23.7 Å². The minimum Gasteiger partial charge on any atom is -0.507 e. The average molecular weight is 438 g/mol. The van der Waals surface area contributed by atoms with Crippen molar-refractivity contribution in [2.24, 2.45) is 0 Å². The molecule has 0 saturated carbocycles. The Hall–Kier alpha value is -3.19. The molecule has 2 aromatic rings. The highest BCUT2D eigenvalue weighted by atomic mass is 16.5. The first-order valence-corrected chi connectivity index (χ1v) is 11.2. The van der Waals surface area contributed by atoms with Gasteiger partial charge in [0.25, 0.3) is 11.7 Å². The average Bonchev–Trinajstić information content (AvgIpc) is 3.08. The number of carbonyl (C=O) groups is 2. The second kappa shape index (κ2) is 10.9. The normalized spacial score (nSPS) is 17.9. The number of Topliss-reactive ketones (excluding diaryl/α,β-unsaturated/α-hetero) is 1. The molecule has 170 valence electrons. The summed E-state index contributed by atoms with van der Waals surface area (Å²) < 4.78 is 5.67. The Bertz CT molecular complexity index is 953. The first-order chi connectivity index (χ1) is 15.5. The van der Waals surface area contributed by atoms with Crippen molar-refractivity contribution in [2.75, 3.05) is 32.8 Å². The van der Waals surface area contributed by atoms with Crippen LogP contribution in [0.5, 0.6) is 5.75 Å². The third-order valence-electron chi connectivity index (χ3n) is 5.71. The van der Waals surface area contributed by atoms with Crippen LogP contribution in [0, 0.1) is 0 Å². The highest BCUT2D eigenvalue weighted by molar-refractivity contribution is 6.46. The summed E-state index contributed by atoms with van der Waals surface area (Å²) in [6, 6.07) is 9.95. The zero-order valence-corrected chi connectivity index (χ0v) is 19.0. The minimum atomic E-state index is -0.671. The van der Waals surface area contributed by atoms with Crippen molar-refractivity contribution in [3.8, 4) is 5.75 Å². The number of aromatic nitrogens is 1. The van der Waals surface area contributed by atoms with Gasteiger partial charge < -0.3 is 19.6 Å². The number of pyridine rings is 1. The summed E-state index contributed by atoms with van der Waals surface area (Å²) in [6.07, 6.45) is 3.99. The van der Waals surface area contributed by atoms with Gasteiger partial charge in [0.05, 0.1) is 18.2 Å². The molecular weight excluding hydrogens is 406 g/mol. The van der Waals surface area contributed by atoms with Crippen LogP contribution < -0.4 is 4.74 Å². The van der Waals surface area contributed by atoms with Crippen LogP contribution in [0.2, 0.25) is 0 Å². The van der Waals surface area contributed by atoms with Crippen LogP contribution in [0.25, 0.3) is 5.76 Å². The number of rotatable bonds is 10. The summed E-state index contributed by atoms with van der Waals surface area (Å²) in [7, 11) is 0. The van der Waals surface area contributed by atoms with Crippen LogP contribution in [0.1, 0.15) is 44.4 Å². The molecule has 32 heavy (non-hydrogen) atoms. The zero-order valence-electron chi connectivity index (χ0n) is 19.0. The monoisotopic (exact) mass is 437 g/mol. The number of nitrogens with zero attached hydrogens (tertiary/aromatic N) is 3. The lowest BCUT2D eigenvalue weighted by Crippen LogP contribution is -2.38. The third-order valence-corrected chi connectivity index (χ3v) is 5.71. The molecule has 1 atom stereocenters. The number of likely N-dealkylation sites (tertiary alicyclic amines) is 1. The maximum Gasteiger partial charge on any atom is 0.295 e. The largest absolute Gasteiger partial charge is 0.507 e. The van der Waals surface area contributed by atoms with Gasteiger partial charge in [-0.1, -0.05) is 32.9 Å². The van der Waals surface area contributed by atoms with E-state index in [1.165, 1.54) is 0 Å². The molecule has 1 fully saturated rings. The van der Waals surface area contributed by atoms with E-state index in [-0.39, 0.29) is 11.3 Å². The summed E-state index contributed by atoms with van der Waals surface area (Å²) in [4.78, 5) is 33.8. The molecule has 0 radical (unpaired) electrons. The first kappa shape index (κ1) is 23.5. The molecule has 1 amide bonds. The SMILES string of the molecule is CCCOc1ccc(C2C(=C(O)c3ccncc3)C(=O)C(=O)N2CCN(CC)CC)cc1. The highest BCUT2D eigenvalue weighted by Crippen LogP contribution is 2.39. The Kier molecular flexibility index (Phi) is 8.00. The summed E-state index contributed by atoms with van der Waals surface area (Å²) >= 11 is 0. The first-order valence-electron chi connectivity index (χ1n) is 11.2. The van der Waals surface area contributed by atoms with Gasteiger partial charge in [0, 0.05) is 31.0 Å². The summed E-state index contributed by atoms with van der Waals surface area (Å²) in [5.74, 6) is -0.725. The summed E-state index contributed by atoms with van der Waals surface area (Å²) in [5.41, 5.74) is 1.31. The minimum absolute atomic E-state index is 0.1000. The number of ether oxygens (including phenoxy) is 1. The second-order valence-electron chi connectivity index (χ2n) is 7.67. The van der Waals surface area contributed by atoms with Crippen LogP contribution in [0.3, 0.4) is 0 Å². The molecule has 2 heterocycles. The van der Waals surface area contributed by atoms with Crippen molar-refractivity contribution in [1.29, 1.82) is 0 Å². The summed E-state index contributed by atoms with van der Waals surface area (Å²) in [6.45, 7) is 9.51. The molecule has 1 N–H and O–H groups in total. The zero-order chi connectivity index (χ0) is 23.1. The van der Waals surface area contributed by atoms with E-state index in [4.69, 9.17) is 4.74 Å². The lowest BCUT2D eigenvalue weighted by atomic mass is 9.95. The Balaban J connectivity index is 2.03. The quantitative estimate of drug-likeness (QED) is 0.347. The Labute approximate surface area is 189 Å². The molecule has 1 aliphatic rings. The molecule has 1 aromatic carbocycles.